The van der Waals surface area contributed by atoms with E-state index in [1.807, 2.05) is 0 Å². The predicted octanol–water partition coefficient (Wildman–Crippen LogP) is 0.407. The molecule has 5 aliphatic rings. The number of rotatable bonds is 13. The van der Waals surface area contributed by atoms with Gasteiger partial charge in [0.15, 0.2) is 0 Å². The number of hydrazine groups is 1. The summed E-state index contributed by atoms with van der Waals surface area (Å²) in [5, 5.41) is 14.8. The van der Waals surface area contributed by atoms with Gasteiger partial charge in [0, 0.05) is 50.4 Å². The number of likely N-dealkylation sites (N-methyl/N-ethyl adjacent to an activating group) is 3. The van der Waals surface area contributed by atoms with Gasteiger partial charge in [0.2, 0.25) is 5.91 Å². The summed E-state index contributed by atoms with van der Waals surface area (Å²) in [5.74, 6) is 0.897. The minimum absolute atomic E-state index is 0.0370. The quantitative estimate of drug-likeness (QED) is 0.185. The fourth-order valence-electron chi connectivity index (χ4n) is 7.26. The Bertz CT molecular complexity index is 883. The topological polar surface area (TPSA) is 102 Å². The van der Waals surface area contributed by atoms with E-state index in [4.69, 9.17) is 0 Å². The Hall–Kier alpha value is -1.31. The normalized spacial score (nSPS) is 34.7. The van der Waals surface area contributed by atoms with E-state index in [1.165, 1.54) is 31.4 Å². The first-order chi connectivity index (χ1) is 19.9. The molecule has 0 aromatic heterocycles. The molecule has 11 heteroatoms. The minimum atomic E-state index is 0.0370. The number of hydrogen-bond acceptors (Lipinski definition) is 10. The van der Waals surface area contributed by atoms with Crippen molar-refractivity contribution in [1.82, 2.24) is 51.7 Å². The van der Waals surface area contributed by atoms with E-state index in [-0.39, 0.29) is 42.5 Å². The number of nitrogens with one attached hydrogen (secondary N) is 6. The van der Waals surface area contributed by atoms with Crippen LogP contribution >= 0.6 is 0 Å². The fraction of sp³-hybridized carbons (Fsp3) is 0.900. The number of unbranched alkanes of at least 4 members (excludes halogenated alkanes) is 1. The van der Waals surface area contributed by atoms with E-state index in [0.717, 1.165) is 65.1 Å². The minimum Gasteiger partial charge on any atom is -0.360 e. The summed E-state index contributed by atoms with van der Waals surface area (Å²) in [6.07, 6.45) is 11.9. The molecule has 234 valence electrons. The Kier molecular flexibility index (Phi) is 11.0. The van der Waals surface area contributed by atoms with Crippen molar-refractivity contribution in [2.24, 2.45) is 11.8 Å². The molecule has 6 unspecified atom stereocenters. The maximum Gasteiger partial charge on any atom is 0.223 e. The molecule has 5 rings (SSSR count). The summed E-state index contributed by atoms with van der Waals surface area (Å²) in [7, 11) is 6.57. The lowest BCUT2D eigenvalue weighted by Gasteiger charge is -2.40. The van der Waals surface area contributed by atoms with Crippen LogP contribution < -0.4 is 32.1 Å². The predicted molar refractivity (Wildman–Crippen MR) is 164 cm³/mol. The summed E-state index contributed by atoms with van der Waals surface area (Å²) < 4.78 is 0. The maximum atomic E-state index is 13.7. The van der Waals surface area contributed by atoms with Gasteiger partial charge in [-0.25, -0.2) is 10.9 Å². The van der Waals surface area contributed by atoms with Crippen LogP contribution in [0.3, 0.4) is 0 Å². The summed E-state index contributed by atoms with van der Waals surface area (Å²) in [6, 6.07) is 0.580. The Labute approximate surface area is 248 Å². The van der Waals surface area contributed by atoms with Gasteiger partial charge in [0.25, 0.3) is 0 Å². The van der Waals surface area contributed by atoms with Crippen molar-refractivity contribution in [3.63, 3.8) is 0 Å². The highest BCUT2D eigenvalue weighted by atomic mass is 16.2. The molecular formula is C30H58N10O. The van der Waals surface area contributed by atoms with Crippen molar-refractivity contribution in [1.29, 1.82) is 0 Å². The molecule has 1 amide bonds. The van der Waals surface area contributed by atoms with Crippen LogP contribution in [0.2, 0.25) is 0 Å². The first kappa shape index (κ1) is 31.1. The molecule has 0 radical (unpaired) electrons. The smallest absolute Gasteiger partial charge is 0.223 e. The monoisotopic (exact) mass is 574 g/mol. The van der Waals surface area contributed by atoms with E-state index in [2.05, 4.69) is 92.8 Å². The third kappa shape index (κ3) is 7.80. The molecule has 4 fully saturated rings. The summed E-state index contributed by atoms with van der Waals surface area (Å²) in [4.78, 5) is 23.4. The Balaban J connectivity index is 1.16. The highest BCUT2D eigenvalue weighted by Crippen LogP contribution is 2.36. The van der Waals surface area contributed by atoms with E-state index in [1.54, 1.807) is 0 Å². The van der Waals surface area contributed by atoms with Gasteiger partial charge in [-0.2, -0.15) is 0 Å². The van der Waals surface area contributed by atoms with E-state index in [9.17, 15) is 4.79 Å². The van der Waals surface area contributed by atoms with Crippen LogP contribution in [0.4, 0.5) is 0 Å². The van der Waals surface area contributed by atoms with Crippen molar-refractivity contribution in [2.75, 3.05) is 60.5 Å². The third-order valence-corrected chi connectivity index (χ3v) is 9.90. The first-order valence-electron chi connectivity index (χ1n) is 16.5. The number of carbonyl (C=O) groups is 1. The van der Waals surface area contributed by atoms with Crippen molar-refractivity contribution in [3.05, 3.63) is 11.8 Å². The maximum absolute atomic E-state index is 13.7. The molecule has 4 heterocycles. The Morgan fingerprint density at radius 2 is 1.95 bits per heavy atom. The number of carbonyl (C=O) groups excluding carboxylic acids is 1. The van der Waals surface area contributed by atoms with Gasteiger partial charge in [-0.05, 0) is 71.7 Å². The van der Waals surface area contributed by atoms with Crippen LogP contribution in [-0.4, -0.2) is 123 Å². The second kappa shape index (κ2) is 14.4. The molecule has 0 aromatic rings. The molecular weight excluding hydrogens is 516 g/mol. The zero-order valence-electron chi connectivity index (χ0n) is 26.3. The van der Waals surface area contributed by atoms with Crippen LogP contribution in [0.15, 0.2) is 11.8 Å². The zero-order chi connectivity index (χ0) is 28.9. The van der Waals surface area contributed by atoms with Gasteiger partial charge in [-0.3, -0.25) is 35.4 Å². The highest BCUT2D eigenvalue weighted by Gasteiger charge is 2.43. The molecule has 0 bridgehead atoms. The van der Waals surface area contributed by atoms with E-state index in [0.29, 0.717) is 12.0 Å². The molecule has 41 heavy (non-hydrogen) atoms. The van der Waals surface area contributed by atoms with Crippen molar-refractivity contribution in [2.45, 2.75) is 102 Å². The Morgan fingerprint density at radius 3 is 2.66 bits per heavy atom. The molecule has 1 saturated carbocycles. The zero-order valence-corrected chi connectivity index (χ0v) is 26.3. The van der Waals surface area contributed by atoms with Gasteiger partial charge >= 0.3 is 0 Å². The molecule has 1 aliphatic carbocycles. The van der Waals surface area contributed by atoms with Gasteiger partial charge in [0.1, 0.15) is 6.17 Å². The van der Waals surface area contributed by atoms with Crippen LogP contribution in [0.5, 0.6) is 0 Å². The molecule has 0 spiro atoms. The van der Waals surface area contributed by atoms with Crippen LogP contribution in [0, 0.1) is 11.8 Å². The lowest BCUT2D eigenvalue weighted by atomic mass is 9.87. The molecule has 11 nitrogen and oxygen atoms in total. The molecule has 0 aromatic carbocycles. The largest absolute Gasteiger partial charge is 0.360 e. The molecule has 3 saturated heterocycles. The van der Waals surface area contributed by atoms with Crippen molar-refractivity contribution in [3.8, 4) is 0 Å². The fourth-order valence-corrected chi connectivity index (χ4v) is 7.26. The van der Waals surface area contributed by atoms with Gasteiger partial charge < -0.3 is 10.2 Å². The average molecular weight is 575 g/mol. The highest BCUT2D eigenvalue weighted by molar-refractivity contribution is 5.79. The second-order valence-corrected chi connectivity index (χ2v) is 13.3. The van der Waals surface area contributed by atoms with Gasteiger partial charge in [0.05, 0.1) is 31.2 Å². The average Bonchev–Trinajstić information content (AvgIpc) is 3.62. The summed E-state index contributed by atoms with van der Waals surface area (Å²) >= 11 is 0. The number of amides is 1. The first-order valence-corrected chi connectivity index (χ1v) is 16.5. The number of piperidine rings is 1. The third-order valence-electron chi connectivity index (χ3n) is 9.90. The number of nitrogens with zero attached hydrogens (tertiary/aromatic N) is 4. The van der Waals surface area contributed by atoms with Gasteiger partial charge in [-0.15, -0.1) is 0 Å². The molecule has 4 aliphatic heterocycles. The van der Waals surface area contributed by atoms with Crippen LogP contribution in [-0.2, 0) is 4.79 Å². The lowest BCUT2D eigenvalue weighted by molar-refractivity contribution is -0.128. The summed E-state index contributed by atoms with van der Waals surface area (Å²) in [6.45, 7) is 10.4. The molecule has 6 N–H and O–H groups in total. The van der Waals surface area contributed by atoms with Crippen LogP contribution in [0.25, 0.3) is 0 Å². The van der Waals surface area contributed by atoms with Crippen LogP contribution in [0.1, 0.15) is 65.2 Å². The van der Waals surface area contributed by atoms with Crippen molar-refractivity contribution < 1.29 is 4.79 Å². The van der Waals surface area contributed by atoms with E-state index < -0.39 is 0 Å². The summed E-state index contributed by atoms with van der Waals surface area (Å²) in [5.41, 5.74) is 8.49. The van der Waals surface area contributed by atoms with Crippen molar-refractivity contribution >= 4 is 5.91 Å². The SMILES string of the molecule is CCCCN1CN(C)CC=C1C1NNC(CNC2CC(C(=O)N[C@@H](C3CC3)C3NCCN3C)CC(CCC)N2)N1C. The number of hydrogen-bond donors (Lipinski definition) is 6. The Morgan fingerprint density at radius 1 is 1.12 bits per heavy atom. The lowest BCUT2D eigenvalue weighted by Crippen LogP contribution is -2.59. The van der Waals surface area contributed by atoms with Gasteiger partial charge in [-0.1, -0.05) is 26.7 Å². The standard InChI is InChI=1S/C30H58N10O/c1-6-8-14-40-20-37(3)15-12-24(40)28-36-35-26(39(28)5)19-32-25-18-22(17-23(33-25)9-7-2)30(41)34-27(21-10-11-21)29-31-13-16-38(29)4/h12,21-23,25-29,31-33,35-36H,6-11,13-20H2,1-5H3,(H,34,41)/t22?,23?,25?,26?,27-,28?,29?/m0/s1. The van der Waals surface area contributed by atoms with E-state index >= 15 is 0 Å². The molecule has 7 atom stereocenters. The second-order valence-electron chi connectivity index (χ2n) is 13.3.